The third-order valence-corrected chi connectivity index (χ3v) is 1.50. The lowest BCUT2D eigenvalue weighted by Crippen LogP contribution is -2.11. The van der Waals surface area contributed by atoms with E-state index in [2.05, 4.69) is 0 Å². The smallest absolute Gasteiger partial charge is 0.130 e. The third kappa shape index (κ3) is 2.27. The molecule has 0 saturated carbocycles. The summed E-state index contributed by atoms with van der Waals surface area (Å²) in [5.74, 6) is -1.02. The van der Waals surface area contributed by atoms with Crippen LogP contribution in [0.4, 0.5) is 8.78 Å². The fourth-order valence-electron chi connectivity index (χ4n) is 0.991. The van der Waals surface area contributed by atoms with Gasteiger partial charge in [-0.2, -0.15) is 0 Å². The highest BCUT2D eigenvalue weighted by molar-refractivity contribution is 5.18. The minimum atomic E-state index is -0.532. The monoisotopic (exact) mass is 171 g/mol. The van der Waals surface area contributed by atoms with Crippen LogP contribution in [-0.2, 0) is 6.54 Å². The van der Waals surface area contributed by atoms with Gasteiger partial charge in [-0.3, -0.25) is 0 Å². The molecule has 0 aliphatic rings. The van der Waals surface area contributed by atoms with Crippen molar-refractivity contribution in [3.63, 3.8) is 0 Å². The Morgan fingerprint density at radius 1 is 1.25 bits per heavy atom. The average molecular weight is 171 g/mol. The molecule has 0 radical (unpaired) electrons. The molecule has 0 atom stereocenters. The second kappa shape index (κ2) is 3.63. The van der Waals surface area contributed by atoms with Crippen LogP contribution in [0, 0.1) is 11.6 Å². The minimum Gasteiger partial charge on any atom is -0.305 e. The molecule has 1 rings (SSSR count). The van der Waals surface area contributed by atoms with Gasteiger partial charge in [-0.05, 0) is 20.2 Å². The summed E-state index contributed by atoms with van der Waals surface area (Å²) in [5, 5.41) is 0. The highest BCUT2D eigenvalue weighted by atomic mass is 19.1. The highest BCUT2D eigenvalue weighted by Gasteiger charge is 2.03. The molecule has 66 valence electrons. The van der Waals surface area contributed by atoms with Crippen LogP contribution in [0.15, 0.2) is 18.2 Å². The first-order valence-corrected chi connectivity index (χ1v) is 3.68. The molecule has 1 aromatic rings. The van der Waals surface area contributed by atoms with Crippen molar-refractivity contribution in [3.05, 3.63) is 35.4 Å². The molecule has 0 aliphatic carbocycles. The largest absolute Gasteiger partial charge is 0.305 e. The summed E-state index contributed by atoms with van der Waals surface area (Å²) >= 11 is 0. The maximum atomic E-state index is 12.9. The summed E-state index contributed by atoms with van der Waals surface area (Å²) in [6.07, 6.45) is 0. The standard InChI is InChI=1S/C9H11F2N/c1-12(2)6-7-3-4-8(10)5-9(7)11/h3-5H,6H2,1-2H3. The number of halogens is 2. The van der Waals surface area contributed by atoms with Gasteiger partial charge in [-0.1, -0.05) is 6.07 Å². The Morgan fingerprint density at radius 2 is 1.92 bits per heavy atom. The minimum absolute atomic E-state index is 0.483. The van der Waals surface area contributed by atoms with Crippen molar-refractivity contribution in [2.45, 2.75) is 6.54 Å². The number of hydrogen-bond acceptors (Lipinski definition) is 1. The summed E-state index contributed by atoms with van der Waals surface area (Å²) in [6, 6.07) is 3.63. The average Bonchev–Trinajstić information content (AvgIpc) is 1.94. The summed E-state index contributed by atoms with van der Waals surface area (Å²) in [4.78, 5) is 1.83. The number of hydrogen-bond donors (Lipinski definition) is 0. The van der Waals surface area contributed by atoms with Crippen LogP contribution in [0.2, 0.25) is 0 Å². The van der Waals surface area contributed by atoms with E-state index in [-0.39, 0.29) is 0 Å². The van der Waals surface area contributed by atoms with Crippen molar-refractivity contribution in [2.75, 3.05) is 14.1 Å². The van der Waals surface area contributed by atoms with Gasteiger partial charge < -0.3 is 4.90 Å². The molecule has 0 aromatic heterocycles. The zero-order chi connectivity index (χ0) is 9.14. The van der Waals surface area contributed by atoms with E-state index in [1.165, 1.54) is 12.1 Å². The molecule has 0 bridgehead atoms. The van der Waals surface area contributed by atoms with Crippen molar-refractivity contribution in [2.24, 2.45) is 0 Å². The summed E-state index contributed by atoms with van der Waals surface area (Å²) in [5.41, 5.74) is 0.515. The van der Waals surface area contributed by atoms with E-state index in [4.69, 9.17) is 0 Å². The van der Waals surface area contributed by atoms with Crippen molar-refractivity contribution in [1.29, 1.82) is 0 Å². The molecular weight excluding hydrogens is 160 g/mol. The molecular formula is C9H11F2N. The molecule has 1 nitrogen and oxygen atoms in total. The van der Waals surface area contributed by atoms with E-state index < -0.39 is 11.6 Å². The van der Waals surface area contributed by atoms with Crippen LogP contribution in [0.3, 0.4) is 0 Å². The Morgan fingerprint density at radius 3 is 2.42 bits per heavy atom. The van der Waals surface area contributed by atoms with Gasteiger partial charge in [0.2, 0.25) is 0 Å². The molecule has 3 heteroatoms. The van der Waals surface area contributed by atoms with Crippen molar-refractivity contribution < 1.29 is 8.78 Å². The van der Waals surface area contributed by atoms with E-state index in [1.54, 1.807) is 0 Å². The Hall–Kier alpha value is -0.960. The normalized spacial score (nSPS) is 10.8. The lowest BCUT2D eigenvalue weighted by atomic mass is 10.2. The maximum Gasteiger partial charge on any atom is 0.130 e. The van der Waals surface area contributed by atoms with Crippen LogP contribution in [0.5, 0.6) is 0 Å². The van der Waals surface area contributed by atoms with Gasteiger partial charge in [0.15, 0.2) is 0 Å². The van der Waals surface area contributed by atoms with Crippen LogP contribution in [-0.4, -0.2) is 19.0 Å². The van der Waals surface area contributed by atoms with Gasteiger partial charge >= 0.3 is 0 Å². The van der Waals surface area contributed by atoms with Crippen molar-refractivity contribution in [3.8, 4) is 0 Å². The number of rotatable bonds is 2. The molecule has 0 spiro atoms. The Labute approximate surface area is 70.6 Å². The molecule has 0 amide bonds. The molecule has 0 unspecified atom stereocenters. The fourth-order valence-corrected chi connectivity index (χ4v) is 0.991. The van der Waals surface area contributed by atoms with Crippen LogP contribution < -0.4 is 0 Å². The first-order valence-electron chi connectivity index (χ1n) is 3.68. The van der Waals surface area contributed by atoms with Crippen molar-refractivity contribution >= 4 is 0 Å². The zero-order valence-corrected chi connectivity index (χ0v) is 7.14. The summed E-state index contributed by atoms with van der Waals surface area (Å²) < 4.78 is 25.4. The molecule has 0 fully saturated rings. The summed E-state index contributed by atoms with van der Waals surface area (Å²) in [7, 11) is 3.67. The molecule has 0 N–H and O–H groups in total. The fraction of sp³-hybridized carbons (Fsp3) is 0.333. The van der Waals surface area contributed by atoms with E-state index >= 15 is 0 Å². The maximum absolute atomic E-state index is 12.9. The predicted molar refractivity (Wildman–Crippen MR) is 43.7 cm³/mol. The summed E-state index contributed by atoms with van der Waals surface area (Å²) in [6.45, 7) is 0.492. The quantitative estimate of drug-likeness (QED) is 0.658. The van der Waals surface area contributed by atoms with Gasteiger partial charge in [-0.25, -0.2) is 8.78 Å². The topological polar surface area (TPSA) is 3.24 Å². The Kier molecular flexibility index (Phi) is 2.76. The lowest BCUT2D eigenvalue weighted by Gasteiger charge is -2.09. The van der Waals surface area contributed by atoms with E-state index in [9.17, 15) is 8.78 Å². The number of nitrogens with zero attached hydrogens (tertiary/aromatic N) is 1. The Balaban J connectivity index is 2.86. The first kappa shape index (κ1) is 9.13. The van der Waals surface area contributed by atoms with Crippen LogP contribution in [0.25, 0.3) is 0 Å². The van der Waals surface area contributed by atoms with Gasteiger partial charge in [0.05, 0.1) is 0 Å². The highest BCUT2D eigenvalue weighted by Crippen LogP contribution is 2.10. The zero-order valence-electron chi connectivity index (χ0n) is 7.14. The van der Waals surface area contributed by atoms with Gasteiger partial charge in [0.25, 0.3) is 0 Å². The Bertz CT molecular complexity index is 271. The molecule has 12 heavy (non-hydrogen) atoms. The van der Waals surface area contributed by atoms with Gasteiger partial charge in [0.1, 0.15) is 11.6 Å². The molecule has 0 aliphatic heterocycles. The van der Waals surface area contributed by atoms with Gasteiger partial charge in [0, 0.05) is 18.2 Å². The molecule has 0 heterocycles. The SMILES string of the molecule is CN(C)Cc1ccc(F)cc1F. The van der Waals surface area contributed by atoms with Crippen LogP contribution in [0.1, 0.15) is 5.56 Å². The third-order valence-electron chi connectivity index (χ3n) is 1.50. The molecule has 0 saturated heterocycles. The van der Waals surface area contributed by atoms with E-state index in [0.29, 0.717) is 12.1 Å². The predicted octanol–water partition coefficient (Wildman–Crippen LogP) is 2.03. The van der Waals surface area contributed by atoms with E-state index in [1.807, 2.05) is 19.0 Å². The van der Waals surface area contributed by atoms with Gasteiger partial charge in [-0.15, -0.1) is 0 Å². The van der Waals surface area contributed by atoms with Crippen molar-refractivity contribution in [1.82, 2.24) is 4.90 Å². The lowest BCUT2D eigenvalue weighted by molar-refractivity contribution is 0.391. The molecule has 1 aromatic carbocycles. The second-order valence-corrected chi connectivity index (χ2v) is 2.97. The second-order valence-electron chi connectivity index (χ2n) is 2.97. The first-order chi connectivity index (χ1) is 5.59. The van der Waals surface area contributed by atoms with E-state index in [0.717, 1.165) is 6.07 Å². The van der Waals surface area contributed by atoms with Crippen LogP contribution >= 0.6 is 0 Å². The number of benzene rings is 1.